The molecule has 2 amide bonds. The summed E-state index contributed by atoms with van der Waals surface area (Å²) in [7, 11) is 0. The maximum Gasteiger partial charge on any atom is 0.274 e. The van der Waals surface area contributed by atoms with E-state index in [1.165, 1.54) is 11.3 Å². The smallest absolute Gasteiger partial charge is 0.274 e. The Morgan fingerprint density at radius 3 is 2.72 bits per heavy atom. The second-order valence-corrected chi connectivity index (χ2v) is 9.10. The predicted molar refractivity (Wildman–Crippen MR) is 125 cm³/mol. The predicted octanol–water partition coefficient (Wildman–Crippen LogP) is 4.90. The van der Waals surface area contributed by atoms with Crippen LogP contribution in [0.4, 0.5) is 0 Å². The van der Waals surface area contributed by atoms with Crippen LogP contribution in [0.5, 0.6) is 0 Å². The van der Waals surface area contributed by atoms with Crippen LogP contribution in [0.15, 0.2) is 65.3 Å². The van der Waals surface area contributed by atoms with Gasteiger partial charge in [0.2, 0.25) is 0 Å². The SMILES string of the molecule is Cc1nc(C(=O)N(CCNC(=O)c2cccc3occc23)C2CC2)c(-c2ccccc2)s1. The van der Waals surface area contributed by atoms with E-state index in [9.17, 15) is 9.59 Å². The molecule has 0 atom stereocenters. The second kappa shape index (κ2) is 8.59. The van der Waals surface area contributed by atoms with Crippen LogP contribution in [0, 0.1) is 6.92 Å². The quantitative estimate of drug-likeness (QED) is 0.439. The van der Waals surface area contributed by atoms with Gasteiger partial charge < -0.3 is 14.6 Å². The van der Waals surface area contributed by atoms with Crippen LogP contribution in [0.1, 0.15) is 38.7 Å². The van der Waals surface area contributed by atoms with Crippen LogP contribution < -0.4 is 5.32 Å². The minimum atomic E-state index is -0.172. The lowest BCUT2D eigenvalue weighted by molar-refractivity contribution is 0.0732. The summed E-state index contributed by atoms with van der Waals surface area (Å²) >= 11 is 1.54. The van der Waals surface area contributed by atoms with Crippen molar-refractivity contribution in [2.24, 2.45) is 0 Å². The first-order chi connectivity index (χ1) is 15.6. The van der Waals surface area contributed by atoms with Gasteiger partial charge in [-0.25, -0.2) is 4.98 Å². The highest BCUT2D eigenvalue weighted by molar-refractivity contribution is 7.15. The van der Waals surface area contributed by atoms with Gasteiger partial charge in [0.15, 0.2) is 0 Å². The Labute approximate surface area is 189 Å². The Hall–Kier alpha value is -3.45. The van der Waals surface area contributed by atoms with E-state index in [-0.39, 0.29) is 17.9 Å². The number of nitrogens with one attached hydrogen (secondary N) is 1. The molecule has 2 heterocycles. The molecule has 7 heteroatoms. The van der Waals surface area contributed by atoms with Gasteiger partial charge >= 0.3 is 0 Å². The van der Waals surface area contributed by atoms with Crippen molar-refractivity contribution in [2.45, 2.75) is 25.8 Å². The van der Waals surface area contributed by atoms with Crippen LogP contribution in [0.25, 0.3) is 21.4 Å². The number of fused-ring (bicyclic) bond motifs is 1. The minimum Gasteiger partial charge on any atom is -0.464 e. The van der Waals surface area contributed by atoms with Gasteiger partial charge in [-0.2, -0.15) is 0 Å². The molecular formula is C25H23N3O3S. The summed E-state index contributed by atoms with van der Waals surface area (Å²) in [6.07, 6.45) is 3.55. The van der Waals surface area contributed by atoms with Gasteiger partial charge in [-0.15, -0.1) is 11.3 Å². The van der Waals surface area contributed by atoms with Crippen molar-refractivity contribution in [1.29, 1.82) is 0 Å². The molecule has 0 spiro atoms. The van der Waals surface area contributed by atoms with Crippen molar-refractivity contribution in [1.82, 2.24) is 15.2 Å². The van der Waals surface area contributed by atoms with Crippen molar-refractivity contribution >= 4 is 34.1 Å². The second-order valence-electron chi connectivity index (χ2n) is 7.90. The number of amides is 2. The van der Waals surface area contributed by atoms with Crippen LogP contribution >= 0.6 is 11.3 Å². The lowest BCUT2D eigenvalue weighted by atomic mass is 10.1. The molecule has 0 unspecified atom stereocenters. The summed E-state index contributed by atoms with van der Waals surface area (Å²) in [5, 5.41) is 4.61. The summed E-state index contributed by atoms with van der Waals surface area (Å²) in [6.45, 7) is 2.74. The number of furan rings is 1. The summed E-state index contributed by atoms with van der Waals surface area (Å²) < 4.78 is 5.38. The number of rotatable bonds is 7. The van der Waals surface area contributed by atoms with E-state index in [0.29, 0.717) is 29.9 Å². The number of thiazole rings is 1. The number of nitrogens with zero attached hydrogens (tertiary/aromatic N) is 2. The summed E-state index contributed by atoms with van der Waals surface area (Å²) in [5.41, 5.74) is 2.75. The third-order valence-corrected chi connectivity index (χ3v) is 6.62. The van der Waals surface area contributed by atoms with Gasteiger partial charge in [-0.1, -0.05) is 36.4 Å². The molecule has 1 aliphatic carbocycles. The molecule has 1 fully saturated rings. The topological polar surface area (TPSA) is 75.4 Å². The third-order valence-electron chi connectivity index (χ3n) is 5.60. The zero-order valence-electron chi connectivity index (χ0n) is 17.7. The Kier molecular flexibility index (Phi) is 5.49. The maximum absolute atomic E-state index is 13.5. The number of carbonyl (C=O) groups excluding carboxylic acids is 2. The van der Waals surface area contributed by atoms with Gasteiger partial charge in [0.25, 0.3) is 11.8 Å². The average Bonchev–Trinajstić information content (AvgIpc) is 3.39. The fourth-order valence-corrected chi connectivity index (χ4v) is 4.82. The lowest BCUT2D eigenvalue weighted by Gasteiger charge is -2.22. The van der Waals surface area contributed by atoms with Gasteiger partial charge in [-0.05, 0) is 43.5 Å². The third kappa shape index (κ3) is 4.03. The van der Waals surface area contributed by atoms with Crippen LogP contribution in [-0.2, 0) is 0 Å². The summed E-state index contributed by atoms with van der Waals surface area (Å²) in [5.74, 6) is -0.239. The van der Waals surface area contributed by atoms with E-state index < -0.39 is 0 Å². The minimum absolute atomic E-state index is 0.0677. The van der Waals surface area contributed by atoms with Crippen LogP contribution in [-0.4, -0.2) is 40.8 Å². The van der Waals surface area contributed by atoms with Crippen molar-refractivity contribution in [2.75, 3.05) is 13.1 Å². The van der Waals surface area contributed by atoms with Gasteiger partial charge in [0, 0.05) is 24.5 Å². The van der Waals surface area contributed by atoms with Gasteiger partial charge in [0.05, 0.1) is 21.7 Å². The summed E-state index contributed by atoms with van der Waals surface area (Å²) in [4.78, 5) is 33.5. The average molecular weight is 446 g/mol. The van der Waals surface area contributed by atoms with Crippen molar-refractivity contribution in [3.8, 4) is 10.4 Å². The highest BCUT2D eigenvalue weighted by Crippen LogP contribution is 2.34. The first-order valence-electron chi connectivity index (χ1n) is 10.7. The van der Waals surface area contributed by atoms with E-state index in [0.717, 1.165) is 33.7 Å². The number of aromatic nitrogens is 1. The fourth-order valence-electron chi connectivity index (χ4n) is 3.91. The first-order valence-corrected chi connectivity index (χ1v) is 11.5. The largest absolute Gasteiger partial charge is 0.464 e. The molecule has 2 aromatic heterocycles. The zero-order valence-corrected chi connectivity index (χ0v) is 18.5. The standard InChI is InChI=1S/C25H23N3O3S/c1-16-27-22(23(32-16)17-6-3-2-4-7-17)25(30)28(18-10-11-18)14-13-26-24(29)20-8-5-9-21-19(20)12-15-31-21/h2-9,12,15,18H,10-11,13-14H2,1H3,(H,26,29). The molecule has 1 aliphatic rings. The highest BCUT2D eigenvalue weighted by atomic mass is 32.1. The molecule has 1 saturated carbocycles. The van der Waals surface area contributed by atoms with E-state index >= 15 is 0 Å². The van der Waals surface area contributed by atoms with Gasteiger partial charge in [0.1, 0.15) is 11.3 Å². The highest BCUT2D eigenvalue weighted by Gasteiger charge is 2.35. The molecular weight excluding hydrogens is 422 g/mol. The van der Waals surface area contributed by atoms with E-state index in [2.05, 4.69) is 10.3 Å². The molecule has 0 radical (unpaired) electrons. The molecule has 6 nitrogen and oxygen atoms in total. The molecule has 0 saturated heterocycles. The molecule has 4 aromatic rings. The normalized spacial score (nSPS) is 13.3. The van der Waals surface area contributed by atoms with Crippen molar-refractivity contribution < 1.29 is 14.0 Å². The van der Waals surface area contributed by atoms with Gasteiger partial charge in [-0.3, -0.25) is 9.59 Å². The molecule has 162 valence electrons. The number of hydrogen-bond acceptors (Lipinski definition) is 5. The van der Waals surface area contributed by atoms with Crippen LogP contribution in [0.3, 0.4) is 0 Å². The Bertz CT molecular complexity index is 1270. The van der Waals surface area contributed by atoms with E-state index in [1.54, 1.807) is 24.5 Å². The van der Waals surface area contributed by atoms with Crippen molar-refractivity contribution in [3.63, 3.8) is 0 Å². The number of hydrogen-bond donors (Lipinski definition) is 1. The monoisotopic (exact) mass is 445 g/mol. The fraction of sp³-hybridized carbons (Fsp3) is 0.240. The van der Waals surface area contributed by atoms with Crippen LogP contribution in [0.2, 0.25) is 0 Å². The number of carbonyl (C=O) groups is 2. The van der Waals surface area contributed by atoms with Crippen molar-refractivity contribution in [3.05, 3.63) is 77.1 Å². The Morgan fingerprint density at radius 2 is 1.94 bits per heavy atom. The zero-order chi connectivity index (χ0) is 22.1. The first kappa shape index (κ1) is 20.5. The molecule has 0 aliphatic heterocycles. The molecule has 0 bridgehead atoms. The summed E-state index contributed by atoms with van der Waals surface area (Å²) in [6, 6.07) is 17.3. The van der Waals surface area contributed by atoms with E-state index in [4.69, 9.17) is 4.42 Å². The lowest BCUT2D eigenvalue weighted by Crippen LogP contribution is -2.40. The number of aryl methyl sites for hydroxylation is 1. The maximum atomic E-state index is 13.5. The molecule has 2 aromatic carbocycles. The Morgan fingerprint density at radius 1 is 1.12 bits per heavy atom. The van der Waals surface area contributed by atoms with E-state index in [1.807, 2.05) is 48.2 Å². The molecule has 1 N–H and O–H groups in total. The molecule has 32 heavy (non-hydrogen) atoms. The molecule has 5 rings (SSSR count). The number of benzene rings is 2. The Balaban J connectivity index is 1.31.